The number of anilines is 3. The van der Waals surface area contributed by atoms with Crippen LogP contribution in [0.2, 0.25) is 0 Å². The second kappa shape index (κ2) is 9.72. The molecule has 1 aliphatic rings. The van der Waals surface area contributed by atoms with E-state index >= 15 is 0 Å². The quantitative estimate of drug-likeness (QED) is 0.402. The highest BCUT2D eigenvalue weighted by atomic mass is 16.7. The molecule has 4 rings (SSSR count). The molecule has 1 saturated heterocycles. The number of rotatable bonds is 6. The van der Waals surface area contributed by atoms with E-state index in [4.69, 9.17) is 9.47 Å². The van der Waals surface area contributed by atoms with Crippen LogP contribution in [-0.4, -0.2) is 18.5 Å². The number of nitrogens with zero attached hydrogens (tertiary/aromatic N) is 1. The fraction of sp³-hybridized carbons (Fsp3) is 0.310. The molecule has 0 spiro atoms. The predicted octanol–water partition coefficient (Wildman–Crippen LogP) is 7.72. The van der Waals surface area contributed by atoms with Gasteiger partial charge in [-0.05, 0) is 81.1 Å². The second-order valence-corrected chi connectivity index (χ2v) is 8.76. The van der Waals surface area contributed by atoms with Gasteiger partial charge in [0, 0.05) is 22.6 Å². The zero-order valence-corrected chi connectivity index (χ0v) is 19.5. The number of benzene rings is 3. The highest BCUT2D eigenvalue weighted by molar-refractivity contribution is 5.78. The van der Waals surface area contributed by atoms with E-state index in [1.165, 1.54) is 11.1 Å². The molecule has 0 bridgehead atoms. The molecule has 166 valence electrons. The molecule has 0 saturated carbocycles. The summed E-state index contributed by atoms with van der Waals surface area (Å²) in [4.78, 5) is 2.28. The van der Waals surface area contributed by atoms with Crippen LogP contribution in [0.15, 0.2) is 79.4 Å². The summed E-state index contributed by atoms with van der Waals surface area (Å²) in [7, 11) is 0. The third-order valence-electron chi connectivity index (χ3n) is 6.05. The van der Waals surface area contributed by atoms with Gasteiger partial charge in [-0.2, -0.15) is 0 Å². The molecule has 3 aromatic carbocycles. The van der Waals surface area contributed by atoms with E-state index in [0.29, 0.717) is 0 Å². The van der Waals surface area contributed by atoms with Crippen molar-refractivity contribution >= 4 is 22.6 Å². The monoisotopic (exact) mass is 427 g/mol. The first-order valence-corrected chi connectivity index (χ1v) is 11.5. The minimum Gasteiger partial charge on any atom is -0.345 e. The topological polar surface area (TPSA) is 21.7 Å². The van der Waals surface area contributed by atoms with Crippen molar-refractivity contribution in [1.29, 1.82) is 0 Å². The van der Waals surface area contributed by atoms with E-state index in [1.807, 2.05) is 0 Å². The van der Waals surface area contributed by atoms with Gasteiger partial charge in [-0.1, -0.05) is 55.5 Å². The van der Waals surface area contributed by atoms with Crippen LogP contribution in [0.5, 0.6) is 0 Å². The van der Waals surface area contributed by atoms with Gasteiger partial charge in [0.25, 0.3) is 0 Å². The third kappa shape index (κ3) is 4.95. The molecule has 1 aliphatic heterocycles. The van der Waals surface area contributed by atoms with Crippen molar-refractivity contribution < 1.29 is 9.47 Å². The molecule has 3 unspecified atom stereocenters. The summed E-state index contributed by atoms with van der Waals surface area (Å²) >= 11 is 0. The van der Waals surface area contributed by atoms with Crippen LogP contribution in [0.3, 0.4) is 0 Å². The largest absolute Gasteiger partial charge is 0.345 e. The first kappa shape index (κ1) is 22.3. The Hall–Kier alpha value is -2.88. The van der Waals surface area contributed by atoms with Crippen molar-refractivity contribution in [2.24, 2.45) is 0 Å². The molecule has 1 heterocycles. The van der Waals surface area contributed by atoms with Gasteiger partial charge in [0.15, 0.2) is 6.29 Å². The fourth-order valence-corrected chi connectivity index (χ4v) is 4.20. The molecule has 32 heavy (non-hydrogen) atoms. The highest BCUT2D eigenvalue weighted by Crippen LogP contribution is 2.36. The van der Waals surface area contributed by atoms with Crippen molar-refractivity contribution in [2.75, 3.05) is 4.90 Å². The average Bonchev–Trinajstić information content (AvgIpc) is 2.80. The van der Waals surface area contributed by atoms with Crippen molar-refractivity contribution in [2.45, 2.75) is 59.0 Å². The van der Waals surface area contributed by atoms with Gasteiger partial charge in [0.1, 0.15) is 0 Å². The van der Waals surface area contributed by atoms with Gasteiger partial charge in [-0.3, -0.25) is 0 Å². The second-order valence-electron chi connectivity index (χ2n) is 8.76. The van der Waals surface area contributed by atoms with Crippen molar-refractivity contribution in [3.8, 4) is 0 Å². The van der Waals surface area contributed by atoms with Crippen molar-refractivity contribution in [3.05, 3.63) is 96.1 Å². The summed E-state index contributed by atoms with van der Waals surface area (Å²) in [5.74, 6) is 0. The minimum atomic E-state index is -0.389. The van der Waals surface area contributed by atoms with Crippen molar-refractivity contribution in [1.82, 2.24) is 0 Å². The summed E-state index contributed by atoms with van der Waals surface area (Å²) in [6.07, 6.45) is 1.92. The molecular formula is C29H33NO2. The van der Waals surface area contributed by atoms with Gasteiger partial charge < -0.3 is 14.4 Å². The van der Waals surface area contributed by atoms with Crippen LogP contribution >= 0.6 is 0 Å². The molecule has 3 atom stereocenters. The molecule has 0 aliphatic carbocycles. The van der Waals surface area contributed by atoms with Crippen molar-refractivity contribution in [3.63, 3.8) is 0 Å². The number of hydrogen-bond donors (Lipinski definition) is 0. The SMILES string of the molecule is C=C(c1ccc(N(c2ccc(C)cc2)c2cccc(C)c2)cc1)C1OC(C)CC(CC)O1. The van der Waals surface area contributed by atoms with Gasteiger partial charge in [-0.15, -0.1) is 0 Å². The van der Waals surface area contributed by atoms with Crippen LogP contribution in [0, 0.1) is 13.8 Å². The summed E-state index contributed by atoms with van der Waals surface area (Å²) in [5.41, 5.74) is 7.76. The smallest absolute Gasteiger partial charge is 0.184 e. The Morgan fingerprint density at radius 2 is 1.53 bits per heavy atom. The fourth-order valence-electron chi connectivity index (χ4n) is 4.20. The average molecular weight is 428 g/mol. The lowest BCUT2D eigenvalue weighted by Gasteiger charge is -2.35. The standard InChI is InChI=1S/C29H33NO2/c1-6-28-19-22(4)31-29(32-28)23(5)24-12-16-26(17-13-24)30(25-14-10-20(2)11-15-25)27-9-7-8-21(3)18-27/h7-18,22,28-29H,5-6,19H2,1-4H3. The number of ether oxygens (including phenoxy) is 2. The Morgan fingerprint density at radius 1 is 0.875 bits per heavy atom. The van der Waals surface area contributed by atoms with E-state index in [9.17, 15) is 0 Å². The maximum atomic E-state index is 6.13. The lowest BCUT2D eigenvalue weighted by atomic mass is 10.0. The first-order valence-electron chi connectivity index (χ1n) is 11.5. The maximum absolute atomic E-state index is 6.13. The molecule has 3 nitrogen and oxygen atoms in total. The summed E-state index contributed by atoms with van der Waals surface area (Å²) in [6, 6.07) is 25.7. The number of hydrogen-bond acceptors (Lipinski definition) is 3. The zero-order chi connectivity index (χ0) is 22.7. The predicted molar refractivity (Wildman–Crippen MR) is 134 cm³/mol. The van der Waals surface area contributed by atoms with Crippen LogP contribution in [0.1, 0.15) is 43.4 Å². The zero-order valence-electron chi connectivity index (χ0n) is 19.5. The van der Waals surface area contributed by atoms with Crippen LogP contribution in [0.25, 0.3) is 5.57 Å². The summed E-state index contributed by atoms with van der Waals surface area (Å²) in [5, 5.41) is 0. The molecule has 0 N–H and O–H groups in total. The summed E-state index contributed by atoms with van der Waals surface area (Å²) in [6.45, 7) is 12.8. The van der Waals surface area contributed by atoms with Gasteiger partial charge >= 0.3 is 0 Å². The molecule has 0 radical (unpaired) electrons. The lowest BCUT2D eigenvalue weighted by Crippen LogP contribution is -2.37. The minimum absolute atomic E-state index is 0.174. The van der Waals surface area contributed by atoms with Crippen LogP contribution in [0.4, 0.5) is 17.1 Å². The van der Waals surface area contributed by atoms with E-state index in [-0.39, 0.29) is 18.5 Å². The highest BCUT2D eigenvalue weighted by Gasteiger charge is 2.29. The Labute approximate surface area is 192 Å². The van der Waals surface area contributed by atoms with Gasteiger partial charge in [-0.25, -0.2) is 0 Å². The molecule has 0 aromatic heterocycles. The van der Waals surface area contributed by atoms with Crippen LogP contribution in [-0.2, 0) is 9.47 Å². The lowest BCUT2D eigenvalue weighted by molar-refractivity contribution is -0.209. The molecule has 0 amide bonds. The Bertz CT molecular complexity index is 1060. The maximum Gasteiger partial charge on any atom is 0.184 e. The van der Waals surface area contributed by atoms with E-state index < -0.39 is 0 Å². The molecular weight excluding hydrogens is 394 g/mol. The number of aryl methyl sites for hydroxylation is 2. The normalized spacial score (nSPS) is 20.7. The van der Waals surface area contributed by atoms with E-state index in [1.54, 1.807) is 0 Å². The molecule has 3 aromatic rings. The Balaban J connectivity index is 1.63. The molecule has 1 fully saturated rings. The van der Waals surface area contributed by atoms with Gasteiger partial charge in [0.2, 0.25) is 0 Å². The Kier molecular flexibility index (Phi) is 6.78. The Morgan fingerprint density at radius 3 is 2.16 bits per heavy atom. The van der Waals surface area contributed by atoms with E-state index in [2.05, 4.69) is 112 Å². The summed E-state index contributed by atoms with van der Waals surface area (Å²) < 4.78 is 12.2. The van der Waals surface area contributed by atoms with Crippen LogP contribution < -0.4 is 4.90 Å². The third-order valence-corrected chi connectivity index (χ3v) is 6.05. The van der Waals surface area contributed by atoms with Gasteiger partial charge in [0.05, 0.1) is 12.2 Å². The first-order chi connectivity index (χ1) is 15.4. The van der Waals surface area contributed by atoms with E-state index in [0.717, 1.165) is 41.0 Å². The molecule has 3 heteroatoms.